The van der Waals surface area contributed by atoms with Gasteiger partial charge in [0, 0.05) is 32.8 Å². The van der Waals surface area contributed by atoms with Crippen molar-refractivity contribution in [3.8, 4) is 0 Å². The summed E-state index contributed by atoms with van der Waals surface area (Å²) >= 11 is 0. The van der Waals surface area contributed by atoms with Crippen LogP contribution in [0, 0.1) is 5.41 Å². The molecular formula is C19H31N3O2. The Balaban J connectivity index is 2.11. The Kier molecular flexibility index (Phi) is 6.49. The van der Waals surface area contributed by atoms with Crippen molar-refractivity contribution in [2.45, 2.75) is 40.0 Å². The lowest BCUT2D eigenvalue weighted by atomic mass is 9.96. The van der Waals surface area contributed by atoms with Crippen molar-refractivity contribution in [1.29, 1.82) is 0 Å². The Labute approximate surface area is 145 Å². The number of rotatable bonds is 6. The third-order valence-electron chi connectivity index (χ3n) is 4.13. The van der Waals surface area contributed by atoms with Crippen molar-refractivity contribution in [3.63, 3.8) is 0 Å². The van der Waals surface area contributed by atoms with Crippen LogP contribution in [0.2, 0.25) is 0 Å². The molecule has 1 heterocycles. The Bertz CT molecular complexity index is 534. The van der Waals surface area contributed by atoms with Crippen LogP contribution in [0.15, 0.2) is 24.3 Å². The molecule has 0 unspecified atom stereocenters. The Morgan fingerprint density at radius 3 is 2.54 bits per heavy atom. The van der Waals surface area contributed by atoms with E-state index in [1.165, 1.54) is 12.8 Å². The highest BCUT2D eigenvalue weighted by molar-refractivity contribution is 5.93. The number of nitrogens with zero attached hydrogens (tertiary/aromatic N) is 2. The summed E-state index contributed by atoms with van der Waals surface area (Å²) in [6.07, 6.45) is 3.00. The van der Waals surface area contributed by atoms with Crippen LogP contribution in [0.25, 0.3) is 0 Å². The van der Waals surface area contributed by atoms with Gasteiger partial charge < -0.3 is 20.2 Å². The van der Waals surface area contributed by atoms with Gasteiger partial charge in [-0.25, -0.2) is 4.79 Å². The lowest BCUT2D eigenvalue weighted by Crippen LogP contribution is -2.41. The van der Waals surface area contributed by atoms with Crippen LogP contribution in [0.5, 0.6) is 0 Å². The van der Waals surface area contributed by atoms with E-state index in [4.69, 9.17) is 5.11 Å². The molecule has 0 atom stereocenters. The number of para-hydroxylation sites is 2. The SMILES string of the molecule is CC(C)(C)CN(CCCO)C(=O)Nc1ccccc1N1CCCC1. The van der Waals surface area contributed by atoms with Gasteiger partial charge in [-0.3, -0.25) is 0 Å². The summed E-state index contributed by atoms with van der Waals surface area (Å²) in [4.78, 5) is 16.9. The molecule has 0 aliphatic carbocycles. The van der Waals surface area contributed by atoms with Gasteiger partial charge in [0.25, 0.3) is 0 Å². The monoisotopic (exact) mass is 333 g/mol. The predicted molar refractivity (Wildman–Crippen MR) is 99.6 cm³/mol. The molecule has 5 nitrogen and oxygen atoms in total. The van der Waals surface area contributed by atoms with Crippen molar-refractivity contribution in [2.75, 3.05) is 43.0 Å². The van der Waals surface area contributed by atoms with Crippen molar-refractivity contribution in [1.82, 2.24) is 4.90 Å². The van der Waals surface area contributed by atoms with E-state index in [0.717, 1.165) is 24.5 Å². The van der Waals surface area contributed by atoms with E-state index in [9.17, 15) is 4.79 Å². The largest absolute Gasteiger partial charge is 0.396 e. The van der Waals surface area contributed by atoms with Crippen LogP contribution in [-0.4, -0.2) is 48.8 Å². The molecule has 1 fully saturated rings. The predicted octanol–water partition coefficient (Wildman–Crippen LogP) is 3.55. The van der Waals surface area contributed by atoms with Gasteiger partial charge in [-0.05, 0) is 36.8 Å². The van der Waals surface area contributed by atoms with Crippen LogP contribution in [0.1, 0.15) is 40.0 Å². The van der Waals surface area contributed by atoms with Crippen LogP contribution in [0.4, 0.5) is 16.2 Å². The zero-order valence-corrected chi connectivity index (χ0v) is 15.2. The fraction of sp³-hybridized carbons (Fsp3) is 0.632. The number of amides is 2. The number of hydrogen-bond donors (Lipinski definition) is 2. The number of aliphatic hydroxyl groups is 1. The molecule has 24 heavy (non-hydrogen) atoms. The lowest BCUT2D eigenvalue weighted by Gasteiger charge is -2.31. The molecule has 2 amide bonds. The quantitative estimate of drug-likeness (QED) is 0.837. The zero-order chi connectivity index (χ0) is 17.6. The summed E-state index contributed by atoms with van der Waals surface area (Å²) in [7, 11) is 0. The van der Waals surface area contributed by atoms with Gasteiger partial charge in [0.15, 0.2) is 0 Å². The van der Waals surface area contributed by atoms with Crippen molar-refractivity contribution in [2.24, 2.45) is 5.41 Å². The average molecular weight is 333 g/mol. The maximum atomic E-state index is 12.8. The first-order chi connectivity index (χ1) is 11.4. The number of aliphatic hydroxyl groups excluding tert-OH is 1. The highest BCUT2D eigenvalue weighted by Gasteiger charge is 2.22. The first-order valence-corrected chi connectivity index (χ1v) is 8.91. The van der Waals surface area contributed by atoms with Gasteiger partial charge in [-0.1, -0.05) is 32.9 Å². The molecule has 1 saturated heterocycles. The van der Waals surface area contributed by atoms with E-state index in [-0.39, 0.29) is 18.1 Å². The van der Waals surface area contributed by atoms with Crippen LogP contribution in [0.3, 0.4) is 0 Å². The van der Waals surface area contributed by atoms with Crippen molar-refractivity contribution < 1.29 is 9.90 Å². The van der Waals surface area contributed by atoms with E-state index in [1.807, 2.05) is 18.2 Å². The molecule has 1 aliphatic heterocycles. The third-order valence-corrected chi connectivity index (χ3v) is 4.13. The second-order valence-electron chi connectivity index (χ2n) is 7.70. The standard InChI is InChI=1S/C19H31N3O2/c1-19(2,3)15-22(13-8-14-23)18(24)20-16-9-4-5-10-17(16)21-11-6-7-12-21/h4-5,9-10,23H,6-8,11-15H2,1-3H3,(H,20,24). The summed E-state index contributed by atoms with van der Waals surface area (Å²) in [6, 6.07) is 7.92. The van der Waals surface area contributed by atoms with Gasteiger partial charge in [0.2, 0.25) is 0 Å². The molecule has 1 aromatic rings. The fourth-order valence-corrected chi connectivity index (χ4v) is 3.09. The zero-order valence-electron chi connectivity index (χ0n) is 15.2. The van der Waals surface area contributed by atoms with Gasteiger partial charge >= 0.3 is 6.03 Å². The maximum absolute atomic E-state index is 12.8. The highest BCUT2D eigenvalue weighted by atomic mass is 16.3. The van der Waals surface area contributed by atoms with E-state index in [1.54, 1.807) is 4.90 Å². The van der Waals surface area contributed by atoms with Crippen LogP contribution < -0.4 is 10.2 Å². The Morgan fingerprint density at radius 2 is 1.92 bits per heavy atom. The molecule has 0 saturated carbocycles. The van der Waals surface area contributed by atoms with E-state index in [0.29, 0.717) is 19.5 Å². The minimum Gasteiger partial charge on any atom is -0.396 e. The topological polar surface area (TPSA) is 55.8 Å². The van der Waals surface area contributed by atoms with Gasteiger partial charge in [0.1, 0.15) is 0 Å². The molecule has 0 spiro atoms. The number of carbonyl (C=O) groups excluding carboxylic acids is 1. The van der Waals surface area contributed by atoms with E-state index < -0.39 is 0 Å². The molecule has 0 bridgehead atoms. The fourth-order valence-electron chi connectivity index (χ4n) is 3.09. The Hall–Kier alpha value is -1.75. The molecular weight excluding hydrogens is 302 g/mol. The third kappa shape index (κ3) is 5.41. The summed E-state index contributed by atoms with van der Waals surface area (Å²) in [6.45, 7) is 9.75. The normalized spacial score (nSPS) is 14.8. The Morgan fingerprint density at radius 1 is 1.25 bits per heavy atom. The summed E-state index contributed by atoms with van der Waals surface area (Å²) < 4.78 is 0. The molecule has 5 heteroatoms. The van der Waals surface area contributed by atoms with Gasteiger partial charge in [-0.2, -0.15) is 0 Å². The number of carbonyl (C=O) groups is 1. The molecule has 134 valence electrons. The minimum atomic E-state index is -0.0926. The smallest absolute Gasteiger partial charge is 0.321 e. The highest BCUT2D eigenvalue weighted by Crippen LogP contribution is 2.29. The molecule has 0 radical (unpaired) electrons. The first-order valence-electron chi connectivity index (χ1n) is 8.91. The molecule has 2 rings (SSSR count). The number of anilines is 2. The first kappa shape index (κ1) is 18.6. The van der Waals surface area contributed by atoms with E-state index in [2.05, 4.69) is 37.1 Å². The van der Waals surface area contributed by atoms with Crippen molar-refractivity contribution >= 4 is 17.4 Å². The minimum absolute atomic E-state index is 0.0151. The molecule has 1 aromatic carbocycles. The number of nitrogens with one attached hydrogen (secondary N) is 1. The van der Waals surface area contributed by atoms with Crippen molar-refractivity contribution in [3.05, 3.63) is 24.3 Å². The summed E-state index contributed by atoms with van der Waals surface area (Å²) in [5.41, 5.74) is 1.98. The number of urea groups is 1. The van der Waals surface area contributed by atoms with Crippen LogP contribution >= 0.6 is 0 Å². The summed E-state index contributed by atoms with van der Waals surface area (Å²) in [5.74, 6) is 0. The van der Waals surface area contributed by atoms with E-state index >= 15 is 0 Å². The lowest BCUT2D eigenvalue weighted by molar-refractivity contribution is 0.176. The van der Waals surface area contributed by atoms with Gasteiger partial charge in [0.05, 0.1) is 11.4 Å². The van der Waals surface area contributed by atoms with Gasteiger partial charge in [-0.15, -0.1) is 0 Å². The maximum Gasteiger partial charge on any atom is 0.321 e. The molecule has 1 aliphatic rings. The van der Waals surface area contributed by atoms with Crippen LogP contribution in [-0.2, 0) is 0 Å². The number of hydrogen-bond acceptors (Lipinski definition) is 3. The molecule has 2 N–H and O–H groups in total. The molecule has 0 aromatic heterocycles. The average Bonchev–Trinajstić information content (AvgIpc) is 3.05. The second kappa shape index (κ2) is 8.38. The second-order valence-corrected chi connectivity index (χ2v) is 7.70. The summed E-state index contributed by atoms with van der Waals surface area (Å²) in [5, 5.41) is 12.2. The number of benzene rings is 1.